The van der Waals surface area contributed by atoms with Crippen molar-refractivity contribution in [2.75, 3.05) is 0 Å². The molecule has 0 radical (unpaired) electrons. The van der Waals surface area contributed by atoms with Crippen molar-refractivity contribution in [1.82, 2.24) is 4.98 Å². The van der Waals surface area contributed by atoms with Crippen molar-refractivity contribution in [3.05, 3.63) is 63.9 Å². The summed E-state index contributed by atoms with van der Waals surface area (Å²) in [6.45, 7) is 0. The molecule has 1 aliphatic carbocycles. The Labute approximate surface area is 157 Å². The smallest absolute Gasteiger partial charge is 0.296 e. The molecule has 27 heavy (non-hydrogen) atoms. The minimum Gasteiger partial charge on any atom is -0.296 e. The molecule has 0 aliphatic heterocycles. The van der Waals surface area contributed by atoms with E-state index < -0.39 is 23.2 Å². The predicted molar refractivity (Wildman–Crippen MR) is 90.4 cm³/mol. The lowest BCUT2D eigenvalue weighted by Crippen LogP contribution is -2.37. The second kappa shape index (κ2) is 7.03. The monoisotopic (exact) mass is 399 g/mol. The molecule has 0 N–H and O–H groups in total. The van der Waals surface area contributed by atoms with E-state index in [1.54, 1.807) is 0 Å². The summed E-state index contributed by atoms with van der Waals surface area (Å²) in [6, 6.07) is 5.65. The third-order valence-corrected chi connectivity index (χ3v) is 4.99. The number of ketones is 2. The molecule has 1 heterocycles. The average Bonchev–Trinajstić information content (AvgIpc) is 2.63. The number of hydrogen-bond acceptors (Lipinski definition) is 3. The summed E-state index contributed by atoms with van der Waals surface area (Å²) >= 11 is 5.88. The van der Waals surface area contributed by atoms with Crippen LogP contribution in [0.3, 0.4) is 0 Å². The van der Waals surface area contributed by atoms with Gasteiger partial charge in [0.05, 0.1) is 5.56 Å². The van der Waals surface area contributed by atoms with Gasteiger partial charge in [-0.1, -0.05) is 23.7 Å². The van der Waals surface area contributed by atoms with Gasteiger partial charge in [-0.3, -0.25) is 14.6 Å². The number of fused-ring (bicyclic) bond motifs is 1. The number of carbonyl (C=O) groups is 2. The minimum atomic E-state index is -4.52. The lowest BCUT2D eigenvalue weighted by Gasteiger charge is -2.29. The van der Waals surface area contributed by atoms with Crippen LogP contribution in [0.25, 0.3) is 0 Å². The van der Waals surface area contributed by atoms with Crippen LogP contribution in [0.2, 0.25) is 5.02 Å². The highest BCUT2D eigenvalue weighted by Crippen LogP contribution is 2.40. The third kappa shape index (κ3) is 3.74. The first-order chi connectivity index (χ1) is 12.6. The molecule has 0 unspecified atom stereocenters. The molecule has 0 saturated carbocycles. The SMILES string of the molecule is O=C1CC[C@@](F)(C(=O)CCc2ccc(C(F)(F)F)cc2Cl)c2cccnc21. The molecule has 8 heteroatoms. The normalized spacial score (nSPS) is 19.7. The quantitative estimate of drug-likeness (QED) is 0.672. The van der Waals surface area contributed by atoms with Crippen molar-refractivity contribution >= 4 is 23.2 Å². The number of halogens is 5. The van der Waals surface area contributed by atoms with Gasteiger partial charge in [-0.25, -0.2) is 4.39 Å². The maximum atomic E-state index is 15.4. The molecule has 0 bridgehead atoms. The molecule has 2 aromatic rings. The van der Waals surface area contributed by atoms with E-state index in [0.29, 0.717) is 5.56 Å². The Bertz CT molecular complexity index is 913. The van der Waals surface area contributed by atoms with Crippen molar-refractivity contribution in [2.45, 2.75) is 37.5 Å². The molecule has 1 aliphatic rings. The minimum absolute atomic E-state index is 0.00891. The first-order valence-electron chi connectivity index (χ1n) is 8.19. The zero-order chi connectivity index (χ0) is 19.8. The zero-order valence-electron chi connectivity index (χ0n) is 13.9. The molecule has 0 fully saturated rings. The van der Waals surface area contributed by atoms with Crippen LogP contribution in [0.4, 0.5) is 17.6 Å². The average molecular weight is 400 g/mol. The van der Waals surface area contributed by atoms with E-state index in [1.165, 1.54) is 24.4 Å². The largest absolute Gasteiger partial charge is 0.416 e. The number of carbonyl (C=O) groups excluding carboxylic acids is 2. The molecule has 3 nitrogen and oxygen atoms in total. The van der Waals surface area contributed by atoms with Gasteiger partial charge in [0.25, 0.3) is 0 Å². The molecule has 0 spiro atoms. The van der Waals surface area contributed by atoms with Gasteiger partial charge in [-0.2, -0.15) is 13.2 Å². The van der Waals surface area contributed by atoms with Gasteiger partial charge in [-0.15, -0.1) is 0 Å². The van der Waals surface area contributed by atoms with Crippen molar-refractivity contribution in [3.63, 3.8) is 0 Å². The van der Waals surface area contributed by atoms with Gasteiger partial charge in [0.15, 0.2) is 17.2 Å². The lowest BCUT2D eigenvalue weighted by molar-refractivity contribution is -0.137. The molecular formula is C19H14ClF4NO2. The number of aromatic nitrogens is 1. The summed E-state index contributed by atoms with van der Waals surface area (Å²) in [6.07, 6.45) is -3.84. The number of benzene rings is 1. The highest BCUT2D eigenvalue weighted by atomic mass is 35.5. The van der Waals surface area contributed by atoms with Crippen LogP contribution in [0, 0.1) is 0 Å². The van der Waals surface area contributed by atoms with Gasteiger partial charge in [-0.05, 0) is 30.2 Å². The summed E-state index contributed by atoms with van der Waals surface area (Å²) < 4.78 is 53.5. The number of pyridine rings is 1. The Morgan fingerprint density at radius 1 is 1.26 bits per heavy atom. The Hall–Kier alpha value is -2.28. The number of rotatable bonds is 4. The van der Waals surface area contributed by atoms with E-state index in [9.17, 15) is 22.8 Å². The predicted octanol–water partition coefficient (Wildman–Crippen LogP) is 5.10. The van der Waals surface area contributed by atoms with Gasteiger partial charge in [0, 0.05) is 36.0 Å². The summed E-state index contributed by atoms with van der Waals surface area (Å²) in [5.74, 6) is -1.07. The van der Waals surface area contributed by atoms with Crippen molar-refractivity contribution in [1.29, 1.82) is 0 Å². The number of aryl methyl sites for hydroxylation is 1. The molecule has 3 rings (SSSR count). The molecular weight excluding hydrogens is 386 g/mol. The molecule has 0 amide bonds. The fourth-order valence-electron chi connectivity index (χ4n) is 3.15. The number of hydrogen-bond donors (Lipinski definition) is 0. The third-order valence-electron chi connectivity index (χ3n) is 4.64. The number of alkyl halides is 4. The van der Waals surface area contributed by atoms with Crippen LogP contribution in [0.1, 0.15) is 46.4 Å². The molecule has 1 atom stereocenters. The standard InChI is InChI=1S/C19H14ClF4NO2/c20-14-10-12(19(22,23)24)5-3-11(14)4-6-16(27)18(21)8-7-15(26)17-13(18)2-1-9-25-17/h1-3,5,9-10H,4,6-8H2/t18-/m0/s1. The molecule has 1 aromatic heterocycles. The Morgan fingerprint density at radius 2 is 2.00 bits per heavy atom. The summed E-state index contributed by atoms with van der Waals surface area (Å²) in [7, 11) is 0. The van der Waals surface area contributed by atoms with E-state index in [4.69, 9.17) is 11.6 Å². The van der Waals surface area contributed by atoms with Crippen LogP contribution in [0.5, 0.6) is 0 Å². The van der Waals surface area contributed by atoms with Gasteiger partial charge in [0.1, 0.15) is 5.69 Å². The van der Waals surface area contributed by atoms with E-state index in [2.05, 4.69) is 4.98 Å². The van der Waals surface area contributed by atoms with Gasteiger partial charge in [0.2, 0.25) is 0 Å². The Kier molecular flexibility index (Phi) is 5.08. The molecule has 1 aromatic carbocycles. The summed E-state index contributed by atoms with van der Waals surface area (Å²) in [4.78, 5) is 28.3. The van der Waals surface area contributed by atoms with Gasteiger partial charge < -0.3 is 0 Å². The number of nitrogens with zero attached hydrogens (tertiary/aromatic N) is 1. The van der Waals surface area contributed by atoms with Crippen LogP contribution in [-0.2, 0) is 23.1 Å². The fraction of sp³-hybridized carbons (Fsp3) is 0.316. The first kappa shape index (κ1) is 19.5. The fourth-order valence-corrected chi connectivity index (χ4v) is 3.42. The van der Waals surface area contributed by atoms with Crippen LogP contribution in [0.15, 0.2) is 36.5 Å². The van der Waals surface area contributed by atoms with E-state index in [1.807, 2.05) is 0 Å². The molecule has 0 saturated heterocycles. The zero-order valence-corrected chi connectivity index (χ0v) is 14.7. The van der Waals surface area contributed by atoms with E-state index >= 15 is 4.39 Å². The number of Topliss-reactive ketones (excluding diaryl/α,β-unsaturated/α-hetero) is 2. The maximum Gasteiger partial charge on any atom is 0.416 e. The highest BCUT2D eigenvalue weighted by molar-refractivity contribution is 6.31. The van der Waals surface area contributed by atoms with Crippen LogP contribution >= 0.6 is 11.6 Å². The summed E-state index contributed by atoms with van der Waals surface area (Å²) in [5.41, 5.74) is -3.01. The van der Waals surface area contributed by atoms with Crippen LogP contribution in [-0.4, -0.2) is 16.6 Å². The first-order valence-corrected chi connectivity index (χ1v) is 8.57. The van der Waals surface area contributed by atoms with Crippen LogP contribution < -0.4 is 0 Å². The topological polar surface area (TPSA) is 47.0 Å². The van der Waals surface area contributed by atoms with Gasteiger partial charge >= 0.3 is 6.18 Å². The van der Waals surface area contributed by atoms with Crippen molar-refractivity contribution in [2.24, 2.45) is 0 Å². The lowest BCUT2D eigenvalue weighted by atomic mass is 9.78. The van der Waals surface area contributed by atoms with Crippen molar-refractivity contribution < 1.29 is 27.2 Å². The van der Waals surface area contributed by atoms with E-state index in [0.717, 1.165) is 12.1 Å². The van der Waals surface area contributed by atoms with E-state index in [-0.39, 0.29) is 47.7 Å². The highest BCUT2D eigenvalue weighted by Gasteiger charge is 2.46. The van der Waals surface area contributed by atoms with Crippen molar-refractivity contribution in [3.8, 4) is 0 Å². The Balaban J connectivity index is 1.79. The summed E-state index contributed by atoms with van der Waals surface area (Å²) in [5, 5.41) is -0.133. The maximum absolute atomic E-state index is 15.4. The second-order valence-electron chi connectivity index (χ2n) is 6.35. The Morgan fingerprint density at radius 3 is 2.67 bits per heavy atom. The second-order valence-corrected chi connectivity index (χ2v) is 6.76. The molecule has 142 valence electrons.